The highest BCUT2D eigenvalue weighted by Crippen LogP contribution is 2.26. The van der Waals surface area contributed by atoms with E-state index in [0.717, 1.165) is 24.4 Å². The third-order valence-corrected chi connectivity index (χ3v) is 3.58. The lowest BCUT2D eigenvalue weighted by molar-refractivity contribution is 0.277. The molecule has 0 radical (unpaired) electrons. The Hall–Kier alpha value is -1.27. The van der Waals surface area contributed by atoms with Crippen molar-refractivity contribution in [2.75, 3.05) is 0 Å². The van der Waals surface area contributed by atoms with Crippen molar-refractivity contribution >= 4 is 0 Å². The van der Waals surface area contributed by atoms with Gasteiger partial charge < -0.3 is 9.73 Å². The van der Waals surface area contributed by atoms with Crippen LogP contribution in [0.15, 0.2) is 16.5 Å². The fraction of sp³-hybridized carbons (Fsp3) is 0.643. The molecule has 3 unspecified atom stereocenters. The molecular weight excluding hydrogens is 212 g/mol. The summed E-state index contributed by atoms with van der Waals surface area (Å²) in [4.78, 5) is 0. The molecule has 3 heteroatoms. The van der Waals surface area contributed by atoms with Gasteiger partial charge in [0, 0.05) is 6.04 Å². The summed E-state index contributed by atoms with van der Waals surface area (Å²) >= 11 is 0. The van der Waals surface area contributed by atoms with Crippen LogP contribution >= 0.6 is 0 Å². The van der Waals surface area contributed by atoms with Crippen molar-refractivity contribution in [2.24, 2.45) is 5.92 Å². The lowest BCUT2D eigenvalue weighted by atomic mass is 9.85. The minimum atomic E-state index is 0.155. The Bertz CT molecular complexity index is 405. The van der Waals surface area contributed by atoms with Crippen molar-refractivity contribution in [3.8, 4) is 6.07 Å². The van der Waals surface area contributed by atoms with Crippen molar-refractivity contribution in [2.45, 2.75) is 51.6 Å². The van der Waals surface area contributed by atoms with E-state index in [-0.39, 0.29) is 12.0 Å². The molecule has 0 bridgehead atoms. The molecule has 0 spiro atoms. The number of hydrogen-bond donors (Lipinski definition) is 1. The molecule has 92 valence electrons. The second kappa shape index (κ2) is 5.37. The van der Waals surface area contributed by atoms with Crippen LogP contribution < -0.4 is 5.32 Å². The predicted octanol–water partition coefficient (Wildman–Crippen LogP) is 3.32. The van der Waals surface area contributed by atoms with Crippen molar-refractivity contribution < 1.29 is 4.42 Å². The van der Waals surface area contributed by atoms with Crippen molar-refractivity contribution in [3.05, 3.63) is 23.7 Å². The maximum Gasteiger partial charge on any atom is 0.120 e. The molecule has 1 aliphatic rings. The standard InChI is InChI=1S/C14H20N2O/c1-10-7-8-14(17-10)11(2)16-13-6-4-3-5-12(13)9-15/h7-8,11-13,16H,3-6H2,1-2H3. The van der Waals surface area contributed by atoms with Gasteiger partial charge in [0.25, 0.3) is 0 Å². The Morgan fingerprint density at radius 3 is 2.82 bits per heavy atom. The van der Waals surface area contributed by atoms with Crippen LogP contribution in [0.3, 0.4) is 0 Å². The van der Waals surface area contributed by atoms with Crippen molar-refractivity contribution in [1.82, 2.24) is 5.32 Å². The first-order valence-electron chi connectivity index (χ1n) is 6.42. The zero-order valence-electron chi connectivity index (χ0n) is 10.6. The average Bonchev–Trinajstić information content (AvgIpc) is 2.77. The molecule has 2 rings (SSSR count). The summed E-state index contributed by atoms with van der Waals surface area (Å²) in [6.07, 6.45) is 4.53. The second-order valence-electron chi connectivity index (χ2n) is 4.96. The van der Waals surface area contributed by atoms with Gasteiger partial charge in [-0.15, -0.1) is 0 Å². The quantitative estimate of drug-likeness (QED) is 0.869. The number of rotatable bonds is 3. The molecule has 1 fully saturated rings. The van der Waals surface area contributed by atoms with E-state index in [1.807, 2.05) is 19.1 Å². The first-order chi connectivity index (χ1) is 8.20. The van der Waals surface area contributed by atoms with Gasteiger partial charge >= 0.3 is 0 Å². The van der Waals surface area contributed by atoms with Gasteiger partial charge in [0.2, 0.25) is 0 Å². The summed E-state index contributed by atoms with van der Waals surface area (Å²) in [5.41, 5.74) is 0. The molecule has 1 saturated carbocycles. The Morgan fingerprint density at radius 1 is 1.41 bits per heavy atom. The van der Waals surface area contributed by atoms with E-state index in [2.05, 4.69) is 18.3 Å². The van der Waals surface area contributed by atoms with E-state index in [9.17, 15) is 0 Å². The Morgan fingerprint density at radius 2 is 2.18 bits per heavy atom. The fourth-order valence-corrected chi connectivity index (χ4v) is 2.57. The molecule has 0 aliphatic heterocycles. The highest BCUT2D eigenvalue weighted by Gasteiger charge is 2.26. The minimum Gasteiger partial charge on any atom is -0.465 e. The normalized spacial score (nSPS) is 26.4. The maximum atomic E-state index is 9.14. The van der Waals surface area contributed by atoms with Gasteiger partial charge in [-0.25, -0.2) is 0 Å². The summed E-state index contributed by atoms with van der Waals surface area (Å²) in [5.74, 6) is 2.06. The van der Waals surface area contributed by atoms with Crippen LogP contribution in [0.5, 0.6) is 0 Å². The van der Waals surface area contributed by atoms with Gasteiger partial charge in [0.15, 0.2) is 0 Å². The van der Waals surface area contributed by atoms with E-state index < -0.39 is 0 Å². The number of nitrogens with one attached hydrogen (secondary N) is 1. The van der Waals surface area contributed by atoms with Gasteiger partial charge in [0.1, 0.15) is 11.5 Å². The molecule has 17 heavy (non-hydrogen) atoms. The molecule has 3 nitrogen and oxygen atoms in total. The third kappa shape index (κ3) is 2.89. The van der Waals surface area contributed by atoms with Crippen LogP contribution in [0.2, 0.25) is 0 Å². The fourth-order valence-electron chi connectivity index (χ4n) is 2.57. The summed E-state index contributed by atoms with van der Waals surface area (Å²) < 4.78 is 5.61. The molecule has 1 aliphatic carbocycles. The first-order valence-corrected chi connectivity index (χ1v) is 6.42. The van der Waals surface area contributed by atoms with Crippen LogP contribution in [0.4, 0.5) is 0 Å². The topological polar surface area (TPSA) is 49.0 Å². The monoisotopic (exact) mass is 232 g/mol. The third-order valence-electron chi connectivity index (χ3n) is 3.58. The minimum absolute atomic E-state index is 0.155. The summed E-state index contributed by atoms with van der Waals surface area (Å²) in [7, 11) is 0. The molecular formula is C14H20N2O. The van der Waals surface area contributed by atoms with Gasteiger partial charge in [-0.1, -0.05) is 12.8 Å². The molecule has 0 amide bonds. The Kier molecular flexibility index (Phi) is 3.86. The number of hydrogen-bond acceptors (Lipinski definition) is 3. The molecule has 0 saturated heterocycles. The van der Waals surface area contributed by atoms with Crippen LogP contribution in [0.25, 0.3) is 0 Å². The molecule has 1 heterocycles. The van der Waals surface area contributed by atoms with E-state index in [0.29, 0.717) is 6.04 Å². The second-order valence-corrected chi connectivity index (χ2v) is 4.96. The summed E-state index contributed by atoms with van der Waals surface area (Å²) in [5, 5.41) is 12.7. The largest absolute Gasteiger partial charge is 0.465 e. The van der Waals surface area contributed by atoms with Crippen LogP contribution in [0.1, 0.15) is 50.2 Å². The van der Waals surface area contributed by atoms with Gasteiger partial charge in [0.05, 0.1) is 18.0 Å². The average molecular weight is 232 g/mol. The Labute approximate surface area is 103 Å². The molecule has 1 aromatic heterocycles. The summed E-state index contributed by atoms with van der Waals surface area (Å²) in [6.45, 7) is 4.05. The van der Waals surface area contributed by atoms with E-state index >= 15 is 0 Å². The molecule has 3 atom stereocenters. The number of nitriles is 1. The van der Waals surface area contributed by atoms with Crippen LogP contribution in [0, 0.1) is 24.2 Å². The maximum absolute atomic E-state index is 9.14. The highest BCUT2D eigenvalue weighted by atomic mass is 16.3. The van der Waals surface area contributed by atoms with E-state index in [4.69, 9.17) is 9.68 Å². The zero-order valence-corrected chi connectivity index (χ0v) is 10.6. The lowest BCUT2D eigenvalue weighted by Crippen LogP contribution is -2.39. The lowest BCUT2D eigenvalue weighted by Gasteiger charge is -2.29. The smallest absolute Gasteiger partial charge is 0.120 e. The molecule has 1 aromatic rings. The number of furan rings is 1. The predicted molar refractivity (Wildman–Crippen MR) is 66.4 cm³/mol. The van der Waals surface area contributed by atoms with Gasteiger partial charge in [-0.2, -0.15) is 5.26 Å². The number of nitrogens with zero attached hydrogens (tertiary/aromatic N) is 1. The van der Waals surface area contributed by atoms with Crippen molar-refractivity contribution in [3.63, 3.8) is 0 Å². The number of aryl methyl sites for hydroxylation is 1. The summed E-state index contributed by atoms with van der Waals surface area (Å²) in [6, 6.07) is 6.91. The highest BCUT2D eigenvalue weighted by molar-refractivity contribution is 5.09. The van der Waals surface area contributed by atoms with Crippen molar-refractivity contribution in [1.29, 1.82) is 5.26 Å². The van der Waals surface area contributed by atoms with E-state index in [1.54, 1.807) is 0 Å². The van der Waals surface area contributed by atoms with E-state index in [1.165, 1.54) is 12.8 Å². The van der Waals surface area contributed by atoms with Crippen LogP contribution in [-0.2, 0) is 0 Å². The molecule has 1 N–H and O–H groups in total. The molecule has 0 aromatic carbocycles. The van der Waals surface area contributed by atoms with Gasteiger partial charge in [-0.3, -0.25) is 0 Å². The first kappa shape index (κ1) is 12.2. The van der Waals surface area contributed by atoms with Gasteiger partial charge in [-0.05, 0) is 38.8 Å². The Balaban J connectivity index is 1.97. The zero-order chi connectivity index (χ0) is 12.3. The SMILES string of the molecule is Cc1ccc(C(C)NC2CCCCC2C#N)o1. The van der Waals surface area contributed by atoms with Crippen LogP contribution in [-0.4, -0.2) is 6.04 Å².